The van der Waals surface area contributed by atoms with Crippen LogP contribution in [-0.4, -0.2) is 9.55 Å². The van der Waals surface area contributed by atoms with Crippen molar-refractivity contribution in [1.29, 1.82) is 0 Å². The van der Waals surface area contributed by atoms with E-state index < -0.39 is 0 Å². The summed E-state index contributed by atoms with van der Waals surface area (Å²) in [7, 11) is 0. The van der Waals surface area contributed by atoms with Crippen LogP contribution in [0.5, 0.6) is 0 Å². The van der Waals surface area contributed by atoms with Gasteiger partial charge in [0.15, 0.2) is 0 Å². The summed E-state index contributed by atoms with van der Waals surface area (Å²) in [6.07, 6.45) is 4.17. The van der Waals surface area contributed by atoms with E-state index in [4.69, 9.17) is 16.6 Å². The molecular weight excluding hydrogens is 364 g/mol. The lowest BCUT2D eigenvalue weighted by molar-refractivity contribution is 0.802. The lowest BCUT2D eigenvalue weighted by Crippen LogP contribution is -2.06. The highest BCUT2D eigenvalue weighted by Crippen LogP contribution is 2.23. The summed E-state index contributed by atoms with van der Waals surface area (Å²) in [6, 6.07) is 20.7. The summed E-state index contributed by atoms with van der Waals surface area (Å²) in [4.78, 5) is 4.87. The Labute approximate surface area is 171 Å². The average Bonchev–Trinajstić information content (AvgIpc) is 3.01. The minimum atomic E-state index is 0.745. The fraction of sp³-hybridized carbons (Fsp3) is 0.160. The van der Waals surface area contributed by atoms with Crippen molar-refractivity contribution in [2.45, 2.75) is 27.3 Å². The van der Waals surface area contributed by atoms with Gasteiger partial charge in [0.25, 0.3) is 0 Å². The van der Waals surface area contributed by atoms with E-state index in [0.29, 0.717) is 0 Å². The van der Waals surface area contributed by atoms with Crippen molar-refractivity contribution in [2.75, 3.05) is 0 Å². The standard InChI is InChI=1S/C25H23ClN2/c1-17-14-18(2)22(19(3)15-17)16-28-24-7-5-4-6-23(24)27-25(28)13-10-20-8-11-21(26)12-9-20/h4-15H,16H2,1-3H3/b13-10+. The number of imidazole rings is 1. The third-order valence-electron chi connectivity index (χ3n) is 5.14. The van der Waals surface area contributed by atoms with Gasteiger partial charge in [0, 0.05) is 5.02 Å². The van der Waals surface area contributed by atoms with Crippen LogP contribution in [0.25, 0.3) is 23.2 Å². The number of aryl methyl sites for hydroxylation is 3. The molecular formula is C25H23ClN2. The van der Waals surface area contributed by atoms with E-state index in [0.717, 1.165) is 34.0 Å². The maximum absolute atomic E-state index is 6.00. The number of nitrogens with zero attached hydrogens (tertiary/aromatic N) is 2. The molecule has 0 N–H and O–H groups in total. The van der Waals surface area contributed by atoms with E-state index in [9.17, 15) is 0 Å². The largest absolute Gasteiger partial charge is 0.320 e. The van der Waals surface area contributed by atoms with Crippen molar-refractivity contribution in [3.8, 4) is 0 Å². The molecule has 1 aromatic heterocycles. The first-order valence-corrected chi connectivity index (χ1v) is 9.85. The van der Waals surface area contributed by atoms with Crippen molar-refractivity contribution in [3.05, 3.63) is 99.3 Å². The second kappa shape index (κ2) is 7.65. The molecule has 0 fully saturated rings. The first kappa shape index (κ1) is 18.5. The highest BCUT2D eigenvalue weighted by Gasteiger charge is 2.12. The fourth-order valence-corrected chi connectivity index (χ4v) is 3.88. The Kier molecular flexibility index (Phi) is 5.06. The van der Waals surface area contributed by atoms with Crippen LogP contribution in [0.4, 0.5) is 0 Å². The minimum absolute atomic E-state index is 0.745. The molecule has 1 heterocycles. The molecule has 28 heavy (non-hydrogen) atoms. The average molecular weight is 387 g/mol. The normalized spacial score (nSPS) is 11.6. The van der Waals surface area contributed by atoms with Gasteiger partial charge in [-0.2, -0.15) is 0 Å². The van der Waals surface area contributed by atoms with E-state index in [1.54, 1.807) is 0 Å². The van der Waals surface area contributed by atoms with Gasteiger partial charge >= 0.3 is 0 Å². The first-order valence-electron chi connectivity index (χ1n) is 9.47. The second-order valence-electron chi connectivity index (χ2n) is 7.31. The van der Waals surface area contributed by atoms with Crippen molar-refractivity contribution in [1.82, 2.24) is 9.55 Å². The van der Waals surface area contributed by atoms with E-state index in [-0.39, 0.29) is 0 Å². The van der Waals surface area contributed by atoms with Gasteiger partial charge in [-0.05, 0) is 73.4 Å². The summed E-state index contributed by atoms with van der Waals surface area (Å²) in [5, 5.41) is 0.745. The number of benzene rings is 3. The molecule has 0 bridgehead atoms. The Hall–Kier alpha value is -2.84. The molecule has 2 nitrogen and oxygen atoms in total. The predicted octanol–water partition coefficient (Wildman–Crippen LogP) is 6.83. The number of hydrogen-bond acceptors (Lipinski definition) is 1. The van der Waals surface area contributed by atoms with Gasteiger partial charge in [-0.3, -0.25) is 0 Å². The second-order valence-corrected chi connectivity index (χ2v) is 7.74. The highest BCUT2D eigenvalue weighted by atomic mass is 35.5. The molecule has 0 aliphatic rings. The van der Waals surface area contributed by atoms with Gasteiger partial charge in [0.05, 0.1) is 17.6 Å². The number of aromatic nitrogens is 2. The van der Waals surface area contributed by atoms with E-state index in [2.05, 4.69) is 67.8 Å². The van der Waals surface area contributed by atoms with Crippen LogP contribution >= 0.6 is 11.6 Å². The summed E-state index contributed by atoms with van der Waals surface area (Å²) < 4.78 is 2.30. The van der Waals surface area contributed by atoms with Crippen molar-refractivity contribution in [3.63, 3.8) is 0 Å². The van der Waals surface area contributed by atoms with Gasteiger partial charge < -0.3 is 4.57 Å². The summed E-state index contributed by atoms with van der Waals surface area (Å²) >= 11 is 6.00. The zero-order valence-corrected chi connectivity index (χ0v) is 17.2. The molecule has 0 unspecified atom stereocenters. The third-order valence-corrected chi connectivity index (χ3v) is 5.39. The Balaban J connectivity index is 1.79. The molecule has 3 aromatic carbocycles. The Morgan fingerprint density at radius 2 is 1.57 bits per heavy atom. The number of rotatable bonds is 4. The number of hydrogen-bond donors (Lipinski definition) is 0. The topological polar surface area (TPSA) is 17.8 Å². The number of halogens is 1. The molecule has 0 aliphatic heterocycles. The lowest BCUT2D eigenvalue weighted by atomic mass is 9.99. The van der Waals surface area contributed by atoms with E-state index in [1.165, 1.54) is 22.3 Å². The molecule has 0 saturated heterocycles. The number of para-hydroxylation sites is 2. The van der Waals surface area contributed by atoms with Crippen LogP contribution in [0.2, 0.25) is 5.02 Å². The van der Waals surface area contributed by atoms with Crippen molar-refractivity contribution in [2.24, 2.45) is 0 Å². The lowest BCUT2D eigenvalue weighted by Gasteiger charge is -2.14. The quantitative estimate of drug-likeness (QED) is 0.375. The molecule has 0 spiro atoms. The maximum Gasteiger partial charge on any atom is 0.134 e. The first-order chi connectivity index (χ1) is 13.5. The predicted molar refractivity (Wildman–Crippen MR) is 120 cm³/mol. The Morgan fingerprint density at radius 1 is 0.893 bits per heavy atom. The van der Waals surface area contributed by atoms with Gasteiger partial charge in [-0.1, -0.05) is 59.6 Å². The molecule has 0 amide bonds. The molecule has 4 rings (SSSR count). The van der Waals surface area contributed by atoms with Gasteiger partial charge in [-0.25, -0.2) is 4.98 Å². The van der Waals surface area contributed by atoms with E-state index in [1.807, 2.05) is 30.3 Å². The SMILES string of the molecule is Cc1cc(C)c(Cn2c(/C=C/c3ccc(Cl)cc3)nc3ccccc32)c(C)c1. The zero-order chi connectivity index (χ0) is 19.7. The van der Waals surface area contributed by atoms with Crippen LogP contribution < -0.4 is 0 Å². The molecule has 4 aromatic rings. The fourth-order valence-electron chi connectivity index (χ4n) is 3.75. The molecule has 140 valence electrons. The molecule has 0 saturated carbocycles. The van der Waals surface area contributed by atoms with E-state index >= 15 is 0 Å². The van der Waals surface area contributed by atoms with Gasteiger partial charge in [0.2, 0.25) is 0 Å². The van der Waals surface area contributed by atoms with Crippen molar-refractivity contribution >= 4 is 34.8 Å². The monoisotopic (exact) mass is 386 g/mol. The van der Waals surface area contributed by atoms with Crippen LogP contribution in [-0.2, 0) is 6.54 Å². The van der Waals surface area contributed by atoms with Crippen LogP contribution in [0.15, 0.2) is 60.7 Å². The number of fused-ring (bicyclic) bond motifs is 1. The summed E-state index contributed by atoms with van der Waals surface area (Å²) in [6.45, 7) is 7.34. The summed E-state index contributed by atoms with van der Waals surface area (Å²) in [5.41, 5.74) is 8.57. The summed E-state index contributed by atoms with van der Waals surface area (Å²) in [5.74, 6) is 0.954. The Morgan fingerprint density at radius 3 is 2.29 bits per heavy atom. The van der Waals surface area contributed by atoms with Gasteiger partial charge in [-0.15, -0.1) is 0 Å². The molecule has 0 atom stereocenters. The molecule has 0 aliphatic carbocycles. The van der Waals surface area contributed by atoms with Crippen LogP contribution in [0, 0.1) is 20.8 Å². The molecule has 0 radical (unpaired) electrons. The Bertz CT molecular complexity index is 1140. The smallest absolute Gasteiger partial charge is 0.134 e. The third kappa shape index (κ3) is 3.74. The zero-order valence-electron chi connectivity index (χ0n) is 16.4. The molecule has 3 heteroatoms. The maximum atomic E-state index is 6.00. The van der Waals surface area contributed by atoms with Gasteiger partial charge in [0.1, 0.15) is 5.82 Å². The van der Waals surface area contributed by atoms with Crippen LogP contribution in [0.3, 0.4) is 0 Å². The minimum Gasteiger partial charge on any atom is -0.320 e. The van der Waals surface area contributed by atoms with Crippen LogP contribution in [0.1, 0.15) is 33.6 Å². The highest BCUT2D eigenvalue weighted by molar-refractivity contribution is 6.30. The van der Waals surface area contributed by atoms with Crippen molar-refractivity contribution < 1.29 is 0 Å².